The van der Waals surface area contributed by atoms with E-state index in [1.54, 1.807) is 7.11 Å². The molecule has 4 rings (SSSR count). The summed E-state index contributed by atoms with van der Waals surface area (Å²) in [6.45, 7) is 8.63. The average molecular weight is 564 g/mol. The van der Waals surface area contributed by atoms with Crippen LogP contribution in [-0.4, -0.2) is 96.2 Å². The highest BCUT2D eigenvalue weighted by Crippen LogP contribution is 2.50. The Bertz CT molecular complexity index is 1060. The van der Waals surface area contributed by atoms with Crippen LogP contribution < -0.4 is 5.32 Å². The third-order valence-electron chi connectivity index (χ3n) is 6.86. The van der Waals surface area contributed by atoms with Crippen molar-refractivity contribution in [1.29, 1.82) is 0 Å². The van der Waals surface area contributed by atoms with Crippen molar-refractivity contribution in [2.45, 2.75) is 37.6 Å². The number of nitrogens with zero attached hydrogens (tertiary/aromatic N) is 4. The van der Waals surface area contributed by atoms with Crippen molar-refractivity contribution in [3.63, 3.8) is 0 Å². The van der Waals surface area contributed by atoms with E-state index in [9.17, 15) is 9.35 Å². The number of amides is 1. The first-order chi connectivity index (χ1) is 18.3. The van der Waals surface area contributed by atoms with E-state index in [2.05, 4.69) is 22.1 Å². The van der Waals surface area contributed by atoms with E-state index in [-0.39, 0.29) is 5.91 Å². The molecule has 1 aromatic heterocycles. The molecule has 1 aromatic carbocycles. The molecule has 210 valence electrons. The number of methoxy groups -OCH3 is 1. The van der Waals surface area contributed by atoms with Crippen LogP contribution in [-0.2, 0) is 20.8 Å². The van der Waals surface area contributed by atoms with Crippen LogP contribution in [0.4, 0.5) is 5.13 Å². The van der Waals surface area contributed by atoms with E-state index in [4.69, 9.17) is 14.6 Å². The predicted octanol–water partition coefficient (Wildman–Crippen LogP) is 4.35. The summed E-state index contributed by atoms with van der Waals surface area (Å²) in [5, 5.41) is 10.3. The number of hydrogen-bond donors (Lipinski definition) is 2. The summed E-state index contributed by atoms with van der Waals surface area (Å²) in [6.07, 6.45) is 6.81. The number of hydrogen-bond acceptors (Lipinski definition) is 9. The Hall–Kier alpha value is -2.02. The molecule has 1 unspecified atom stereocenters. The number of carbonyl (C=O) groups excluding carboxylic acids is 1. The molecule has 38 heavy (non-hydrogen) atoms. The summed E-state index contributed by atoms with van der Waals surface area (Å²) in [4.78, 5) is 22.2. The van der Waals surface area contributed by atoms with Gasteiger partial charge in [-0.25, -0.2) is 4.98 Å². The SMILES string of the molecule is COCC[C@H](C)CS(C)(O)c1ccc(/C(=N\N2CCCC2)C(=O)Nc2ncc(CN3CCOCC3)s2)cc1. The lowest BCUT2D eigenvalue weighted by Gasteiger charge is -2.32. The minimum Gasteiger partial charge on any atom is -0.385 e. The third-order valence-corrected chi connectivity index (χ3v) is 10.3. The van der Waals surface area contributed by atoms with Crippen molar-refractivity contribution in [3.05, 3.63) is 40.9 Å². The van der Waals surface area contributed by atoms with Crippen LogP contribution in [0.5, 0.6) is 0 Å². The van der Waals surface area contributed by atoms with Gasteiger partial charge >= 0.3 is 0 Å². The Morgan fingerprint density at radius 2 is 1.95 bits per heavy atom. The maximum Gasteiger partial charge on any atom is 0.278 e. The molecule has 0 spiro atoms. The average Bonchev–Trinajstić information content (AvgIpc) is 3.58. The Labute approximate surface area is 231 Å². The summed E-state index contributed by atoms with van der Waals surface area (Å²) in [6, 6.07) is 7.67. The largest absolute Gasteiger partial charge is 0.385 e. The van der Waals surface area contributed by atoms with Crippen molar-refractivity contribution in [2.75, 3.05) is 70.4 Å². The number of benzene rings is 1. The van der Waals surface area contributed by atoms with E-state index in [0.717, 1.165) is 80.5 Å². The minimum absolute atomic E-state index is 0.274. The van der Waals surface area contributed by atoms with Gasteiger partial charge in [0.1, 0.15) is 0 Å². The number of thiazole rings is 1. The number of rotatable bonds is 12. The number of carbonyl (C=O) groups is 1. The zero-order valence-corrected chi connectivity index (χ0v) is 24.4. The van der Waals surface area contributed by atoms with Crippen LogP contribution in [0.15, 0.2) is 40.5 Å². The molecular weight excluding hydrogens is 522 g/mol. The second-order valence-electron chi connectivity index (χ2n) is 10.2. The van der Waals surface area contributed by atoms with Gasteiger partial charge in [0.15, 0.2) is 10.8 Å². The Morgan fingerprint density at radius 3 is 2.63 bits per heavy atom. The summed E-state index contributed by atoms with van der Waals surface area (Å²) in [5.41, 5.74) is 1.09. The molecule has 9 nitrogen and oxygen atoms in total. The van der Waals surface area contributed by atoms with Gasteiger partial charge in [0.05, 0.1) is 13.2 Å². The standard InChI is InChI=1S/C27H41N5O4S2/c1-21(10-15-35-2)20-38(3,34)24-8-6-22(7-9-24)25(30-32-11-4-5-12-32)26(33)29-27-28-18-23(37-27)19-31-13-16-36-17-14-31/h6-9,18,21,34H,4-5,10-17,19-20H2,1-3H3,(H,28,29,33)/b30-25+/t21-/m0/s1. The molecule has 1 amide bonds. The number of morpholine rings is 1. The number of aromatic nitrogens is 1. The molecule has 2 atom stereocenters. The molecule has 2 saturated heterocycles. The highest BCUT2D eigenvalue weighted by Gasteiger charge is 2.23. The number of ether oxygens (including phenoxy) is 2. The van der Waals surface area contributed by atoms with E-state index in [1.807, 2.05) is 41.7 Å². The van der Waals surface area contributed by atoms with Crippen LogP contribution >= 0.6 is 21.6 Å². The predicted molar refractivity (Wildman–Crippen MR) is 156 cm³/mol. The van der Waals surface area contributed by atoms with Gasteiger partial charge in [0.25, 0.3) is 5.91 Å². The molecule has 0 aliphatic carbocycles. The van der Waals surface area contributed by atoms with Gasteiger partial charge in [-0.15, -0.1) is 21.6 Å². The van der Waals surface area contributed by atoms with Gasteiger partial charge in [-0.05, 0) is 43.6 Å². The molecule has 0 radical (unpaired) electrons. The fourth-order valence-corrected chi connectivity index (χ4v) is 7.75. The normalized spacial score (nSPS) is 20.2. The molecule has 2 N–H and O–H groups in total. The summed E-state index contributed by atoms with van der Waals surface area (Å²) in [7, 11) is -0.259. The molecule has 11 heteroatoms. The zero-order chi connectivity index (χ0) is 27.0. The topological polar surface area (TPSA) is 99.5 Å². The van der Waals surface area contributed by atoms with Crippen molar-refractivity contribution < 1.29 is 18.8 Å². The highest BCUT2D eigenvalue weighted by molar-refractivity contribution is 8.28. The lowest BCUT2D eigenvalue weighted by molar-refractivity contribution is -0.110. The van der Waals surface area contributed by atoms with Crippen LogP contribution in [0.2, 0.25) is 0 Å². The second kappa shape index (κ2) is 13.9. The molecule has 0 saturated carbocycles. The maximum absolute atomic E-state index is 13.4. The first-order valence-corrected chi connectivity index (χ1v) is 16.3. The zero-order valence-electron chi connectivity index (χ0n) is 22.7. The van der Waals surface area contributed by atoms with Gasteiger partial charge in [-0.1, -0.05) is 19.1 Å². The van der Waals surface area contributed by atoms with E-state index in [1.165, 1.54) is 11.3 Å². The van der Waals surface area contributed by atoms with Crippen molar-refractivity contribution >= 4 is 38.4 Å². The minimum atomic E-state index is -1.96. The molecular formula is C27H41N5O4S2. The Morgan fingerprint density at radius 1 is 1.24 bits per heavy atom. The summed E-state index contributed by atoms with van der Waals surface area (Å²) >= 11 is 1.49. The van der Waals surface area contributed by atoms with Gasteiger partial charge in [0.2, 0.25) is 0 Å². The number of hydrazone groups is 1. The third kappa shape index (κ3) is 8.24. The van der Waals surface area contributed by atoms with Gasteiger partial charge in [-0.3, -0.25) is 20.0 Å². The first-order valence-electron chi connectivity index (χ1n) is 13.3. The van der Waals surface area contributed by atoms with Crippen molar-refractivity contribution in [2.24, 2.45) is 11.0 Å². The van der Waals surface area contributed by atoms with Crippen LogP contribution in [0.1, 0.15) is 36.6 Å². The quantitative estimate of drug-likeness (QED) is 0.370. The Balaban J connectivity index is 1.46. The fourth-order valence-electron chi connectivity index (χ4n) is 4.71. The van der Waals surface area contributed by atoms with E-state index >= 15 is 0 Å². The van der Waals surface area contributed by atoms with Gasteiger partial charge in [-0.2, -0.15) is 5.10 Å². The lowest BCUT2D eigenvalue weighted by atomic mass is 10.1. The van der Waals surface area contributed by atoms with Gasteiger partial charge < -0.3 is 14.0 Å². The highest BCUT2D eigenvalue weighted by atomic mass is 32.3. The lowest BCUT2D eigenvalue weighted by Crippen LogP contribution is -2.35. The van der Waals surface area contributed by atoms with Crippen LogP contribution in [0, 0.1) is 5.92 Å². The molecule has 2 aromatic rings. The monoisotopic (exact) mass is 563 g/mol. The van der Waals surface area contributed by atoms with Crippen molar-refractivity contribution in [1.82, 2.24) is 14.9 Å². The molecule has 2 aliphatic rings. The molecule has 0 bridgehead atoms. The smallest absolute Gasteiger partial charge is 0.278 e. The van der Waals surface area contributed by atoms with Crippen molar-refractivity contribution in [3.8, 4) is 0 Å². The fraction of sp³-hybridized carbons (Fsp3) is 0.593. The van der Waals surface area contributed by atoms with Crippen LogP contribution in [0.25, 0.3) is 0 Å². The molecule has 2 aliphatic heterocycles. The molecule has 2 fully saturated rings. The number of anilines is 1. The molecule has 3 heterocycles. The van der Waals surface area contributed by atoms with E-state index < -0.39 is 10.3 Å². The van der Waals surface area contributed by atoms with Gasteiger partial charge in [0, 0.05) is 73.7 Å². The van der Waals surface area contributed by atoms with Crippen LogP contribution in [0.3, 0.4) is 0 Å². The maximum atomic E-state index is 13.4. The second-order valence-corrected chi connectivity index (χ2v) is 14.2. The number of nitrogens with one attached hydrogen (secondary N) is 1. The first kappa shape index (κ1) is 29.0. The van der Waals surface area contributed by atoms with E-state index in [0.29, 0.717) is 29.1 Å². The summed E-state index contributed by atoms with van der Waals surface area (Å²) in [5.74, 6) is 0.787. The Kier molecular flexibility index (Phi) is 10.6. The summed E-state index contributed by atoms with van der Waals surface area (Å²) < 4.78 is 21.9.